The van der Waals surface area contributed by atoms with Crippen LogP contribution >= 0.6 is 0 Å². The van der Waals surface area contributed by atoms with Crippen LogP contribution < -0.4 is 4.74 Å². The molecular weight excluding hydrogens is 388 g/mol. The average molecular weight is 417 g/mol. The Balaban J connectivity index is 1.29. The zero-order chi connectivity index (χ0) is 21.5. The number of aliphatic hydroxyl groups excluding tert-OH is 1. The predicted octanol–water partition coefficient (Wildman–Crippen LogP) is 4.14. The molecule has 1 saturated carbocycles. The summed E-state index contributed by atoms with van der Waals surface area (Å²) in [6.07, 6.45) is 0.619. The average Bonchev–Trinajstić information content (AvgIpc) is 3.17. The second-order valence-corrected chi connectivity index (χ2v) is 9.02. The molecule has 1 saturated heterocycles. The Bertz CT molecular complexity index is 1130. The van der Waals surface area contributed by atoms with E-state index < -0.39 is 6.10 Å². The molecule has 0 radical (unpaired) electrons. The highest BCUT2D eigenvalue weighted by molar-refractivity contribution is 5.98. The van der Waals surface area contributed by atoms with E-state index in [1.807, 2.05) is 67.3 Å². The first kappa shape index (κ1) is 20.0. The molecule has 0 bridgehead atoms. The SMILES string of the molecule is Cc1ccc(O[C@@H]2C[C@@H]3CN(C(=O)c4ccc5ccccc5c4)C[C@@H]3C[C@H]2O)c(C)n1. The molecule has 1 aromatic heterocycles. The minimum atomic E-state index is -0.530. The van der Waals surface area contributed by atoms with Crippen LogP contribution in [-0.2, 0) is 0 Å². The Hall–Kier alpha value is -2.92. The number of hydrogen-bond donors (Lipinski definition) is 1. The lowest BCUT2D eigenvalue weighted by Crippen LogP contribution is -2.42. The molecule has 0 spiro atoms. The van der Waals surface area contributed by atoms with Crippen molar-refractivity contribution < 1.29 is 14.6 Å². The number of rotatable bonds is 3. The lowest BCUT2D eigenvalue weighted by Gasteiger charge is -2.35. The van der Waals surface area contributed by atoms with Gasteiger partial charge in [0.05, 0.1) is 11.8 Å². The summed E-state index contributed by atoms with van der Waals surface area (Å²) in [6.45, 7) is 5.30. The van der Waals surface area contributed by atoms with Crippen molar-refractivity contribution in [3.8, 4) is 5.75 Å². The summed E-state index contributed by atoms with van der Waals surface area (Å²) in [5.41, 5.74) is 2.52. The van der Waals surface area contributed by atoms with Gasteiger partial charge in [-0.25, -0.2) is 0 Å². The minimum absolute atomic E-state index is 0.0747. The Morgan fingerprint density at radius 2 is 1.74 bits per heavy atom. The second-order valence-electron chi connectivity index (χ2n) is 9.02. The van der Waals surface area contributed by atoms with Gasteiger partial charge < -0.3 is 14.7 Å². The summed E-state index contributed by atoms with van der Waals surface area (Å²) >= 11 is 0. The fourth-order valence-corrected chi connectivity index (χ4v) is 5.15. The molecule has 0 unspecified atom stereocenters. The van der Waals surface area contributed by atoms with Gasteiger partial charge in [-0.3, -0.25) is 9.78 Å². The summed E-state index contributed by atoms with van der Waals surface area (Å²) < 4.78 is 6.17. The Morgan fingerprint density at radius 1 is 1.00 bits per heavy atom. The number of aryl methyl sites for hydroxylation is 2. The highest BCUT2D eigenvalue weighted by Gasteiger charge is 2.44. The van der Waals surface area contributed by atoms with E-state index in [-0.39, 0.29) is 12.0 Å². The number of amides is 1. The molecule has 1 N–H and O–H groups in total. The maximum atomic E-state index is 13.2. The summed E-state index contributed by atoms with van der Waals surface area (Å²) in [5, 5.41) is 13.0. The molecule has 1 amide bonds. The van der Waals surface area contributed by atoms with Crippen molar-refractivity contribution in [1.82, 2.24) is 9.88 Å². The first-order valence-corrected chi connectivity index (χ1v) is 11.0. The number of benzene rings is 2. The number of fused-ring (bicyclic) bond motifs is 2. The van der Waals surface area contributed by atoms with Crippen molar-refractivity contribution in [2.24, 2.45) is 11.8 Å². The molecule has 3 aromatic rings. The van der Waals surface area contributed by atoms with Crippen LogP contribution in [0.2, 0.25) is 0 Å². The van der Waals surface area contributed by atoms with E-state index in [0.29, 0.717) is 31.3 Å². The van der Waals surface area contributed by atoms with E-state index in [2.05, 4.69) is 11.1 Å². The predicted molar refractivity (Wildman–Crippen MR) is 120 cm³/mol. The van der Waals surface area contributed by atoms with Gasteiger partial charge in [0.1, 0.15) is 11.9 Å². The third kappa shape index (κ3) is 3.90. The number of nitrogens with zero attached hydrogens (tertiary/aromatic N) is 2. The van der Waals surface area contributed by atoms with Gasteiger partial charge in [0.15, 0.2) is 0 Å². The van der Waals surface area contributed by atoms with Gasteiger partial charge in [-0.05, 0) is 73.6 Å². The maximum Gasteiger partial charge on any atom is 0.253 e. The molecular formula is C26H28N2O3. The number of aromatic nitrogens is 1. The molecule has 5 rings (SSSR count). The molecule has 2 fully saturated rings. The summed E-state index contributed by atoms with van der Waals surface area (Å²) in [4.78, 5) is 19.6. The number of pyridine rings is 1. The van der Waals surface area contributed by atoms with Gasteiger partial charge in [0, 0.05) is 24.3 Å². The third-order valence-electron chi connectivity index (χ3n) is 6.82. The molecule has 2 aliphatic rings. The summed E-state index contributed by atoms with van der Waals surface area (Å²) in [6, 6.07) is 17.9. The molecule has 5 nitrogen and oxygen atoms in total. The minimum Gasteiger partial charge on any atom is -0.486 e. The van der Waals surface area contributed by atoms with Gasteiger partial charge >= 0.3 is 0 Å². The zero-order valence-electron chi connectivity index (χ0n) is 18.0. The Kier molecular flexibility index (Phi) is 5.14. The second kappa shape index (κ2) is 7.97. The Labute approximate surface area is 182 Å². The Morgan fingerprint density at radius 3 is 2.52 bits per heavy atom. The van der Waals surface area contributed by atoms with Crippen LogP contribution in [0.5, 0.6) is 5.75 Å². The first-order valence-electron chi connectivity index (χ1n) is 11.0. The van der Waals surface area contributed by atoms with Crippen LogP contribution in [0, 0.1) is 25.7 Å². The summed E-state index contributed by atoms with van der Waals surface area (Å²) in [7, 11) is 0. The van der Waals surface area contributed by atoms with E-state index in [0.717, 1.165) is 39.9 Å². The van der Waals surface area contributed by atoms with Crippen LogP contribution in [0.15, 0.2) is 54.6 Å². The molecule has 2 aromatic carbocycles. The van der Waals surface area contributed by atoms with Gasteiger partial charge in [-0.2, -0.15) is 0 Å². The molecule has 160 valence electrons. The van der Waals surface area contributed by atoms with Crippen molar-refractivity contribution in [3.05, 3.63) is 71.5 Å². The van der Waals surface area contributed by atoms with Crippen LogP contribution in [0.3, 0.4) is 0 Å². The first-order chi connectivity index (χ1) is 15.0. The number of hydrogen-bond acceptors (Lipinski definition) is 4. The van der Waals surface area contributed by atoms with Gasteiger partial charge in [-0.1, -0.05) is 30.3 Å². The van der Waals surface area contributed by atoms with Crippen LogP contribution in [-0.4, -0.2) is 46.2 Å². The van der Waals surface area contributed by atoms with Gasteiger partial charge in [0.2, 0.25) is 0 Å². The molecule has 5 heteroatoms. The van der Waals surface area contributed by atoms with Gasteiger partial charge in [0.25, 0.3) is 5.91 Å². The quantitative estimate of drug-likeness (QED) is 0.697. The normalized spacial score (nSPS) is 25.5. The van der Waals surface area contributed by atoms with Crippen molar-refractivity contribution in [3.63, 3.8) is 0 Å². The topological polar surface area (TPSA) is 62.7 Å². The van der Waals surface area contributed by atoms with Crippen molar-refractivity contribution >= 4 is 16.7 Å². The van der Waals surface area contributed by atoms with Crippen molar-refractivity contribution in [2.75, 3.05) is 13.1 Å². The molecule has 1 aliphatic carbocycles. The lowest BCUT2D eigenvalue weighted by atomic mass is 9.78. The van der Waals surface area contributed by atoms with Crippen LogP contribution in [0.25, 0.3) is 10.8 Å². The van der Waals surface area contributed by atoms with Gasteiger partial charge in [-0.15, -0.1) is 0 Å². The van der Waals surface area contributed by atoms with E-state index >= 15 is 0 Å². The zero-order valence-corrected chi connectivity index (χ0v) is 18.0. The number of carbonyl (C=O) groups excluding carboxylic acids is 1. The third-order valence-corrected chi connectivity index (χ3v) is 6.82. The largest absolute Gasteiger partial charge is 0.486 e. The molecule has 31 heavy (non-hydrogen) atoms. The number of ether oxygens (including phenoxy) is 1. The number of aliphatic hydroxyl groups is 1. The maximum absolute atomic E-state index is 13.2. The monoisotopic (exact) mass is 416 g/mol. The highest BCUT2D eigenvalue weighted by Crippen LogP contribution is 2.39. The smallest absolute Gasteiger partial charge is 0.253 e. The van der Waals surface area contributed by atoms with E-state index in [4.69, 9.17) is 4.74 Å². The molecule has 2 heterocycles. The lowest BCUT2D eigenvalue weighted by molar-refractivity contribution is -0.0236. The van der Waals surface area contributed by atoms with E-state index in [9.17, 15) is 9.90 Å². The molecule has 4 atom stereocenters. The van der Waals surface area contributed by atoms with E-state index in [1.54, 1.807) is 0 Å². The number of likely N-dealkylation sites (tertiary alicyclic amines) is 1. The number of carbonyl (C=O) groups is 1. The fourth-order valence-electron chi connectivity index (χ4n) is 5.15. The fraction of sp³-hybridized carbons (Fsp3) is 0.385. The van der Waals surface area contributed by atoms with Crippen LogP contribution in [0.4, 0.5) is 0 Å². The van der Waals surface area contributed by atoms with E-state index in [1.165, 1.54) is 0 Å². The van der Waals surface area contributed by atoms with Crippen molar-refractivity contribution in [2.45, 2.75) is 38.9 Å². The highest BCUT2D eigenvalue weighted by atomic mass is 16.5. The molecule has 1 aliphatic heterocycles. The van der Waals surface area contributed by atoms with Crippen LogP contribution in [0.1, 0.15) is 34.6 Å². The summed E-state index contributed by atoms with van der Waals surface area (Å²) in [5.74, 6) is 1.47. The van der Waals surface area contributed by atoms with Crippen molar-refractivity contribution in [1.29, 1.82) is 0 Å². The standard InChI is InChI=1S/C26H28N2O3/c1-16-7-10-24(17(2)27-16)31-25-13-22-15-28(14-21(22)12-23(25)29)26(30)20-9-8-18-5-3-4-6-19(18)11-20/h3-11,21-23,25,29H,12-15H2,1-2H3/t21-,22+,23+,25+/m0/s1.